The van der Waals surface area contributed by atoms with Gasteiger partial charge in [0.25, 0.3) is 5.91 Å². The molecule has 0 bridgehead atoms. The zero-order valence-electron chi connectivity index (χ0n) is 12.8. The molecular weight excluding hydrogens is 266 g/mol. The van der Waals surface area contributed by atoms with Gasteiger partial charge in [-0.1, -0.05) is 0 Å². The Morgan fingerprint density at radius 1 is 1.33 bits per heavy atom. The lowest BCUT2D eigenvalue weighted by Crippen LogP contribution is -2.51. The maximum Gasteiger partial charge on any atom is 0.274 e. The highest BCUT2D eigenvalue weighted by atomic mass is 16.5. The van der Waals surface area contributed by atoms with Crippen LogP contribution in [-0.2, 0) is 4.74 Å². The third kappa shape index (κ3) is 2.93. The Balaban J connectivity index is 1.54. The molecule has 0 unspecified atom stereocenters. The van der Waals surface area contributed by atoms with Crippen molar-refractivity contribution in [1.29, 1.82) is 0 Å². The molecule has 1 saturated carbocycles. The maximum atomic E-state index is 12.4. The molecule has 1 aliphatic carbocycles. The van der Waals surface area contributed by atoms with Gasteiger partial charge < -0.3 is 9.64 Å². The quantitative estimate of drug-likeness (QED) is 0.856. The van der Waals surface area contributed by atoms with Crippen molar-refractivity contribution in [2.24, 2.45) is 5.41 Å². The van der Waals surface area contributed by atoms with Gasteiger partial charge in [-0.2, -0.15) is 0 Å². The molecule has 1 amide bonds. The Morgan fingerprint density at radius 2 is 2.05 bits per heavy atom. The van der Waals surface area contributed by atoms with Crippen molar-refractivity contribution < 1.29 is 9.53 Å². The summed E-state index contributed by atoms with van der Waals surface area (Å²) in [5.41, 5.74) is 1.72. The highest BCUT2D eigenvalue weighted by Crippen LogP contribution is 2.50. The molecule has 2 fully saturated rings. The highest BCUT2D eigenvalue weighted by molar-refractivity contribution is 5.92. The minimum absolute atomic E-state index is 0.0121. The predicted octanol–water partition coefficient (Wildman–Crippen LogP) is 2.21. The van der Waals surface area contributed by atoms with Crippen LogP contribution in [0.2, 0.25) is 0 Å². The first-order valence-electron chi connectivity index (χ1n) is 7.81. The molecule has 1 aliphatic heterocycles. The van der Waals surface area contributed by atoms with Gasteiger partial charge in [-0.3, -0.25) is 9.78 Å². The van der Waals surface area contributed by atoms with Crippen LogP contribution in [0.3, 0.4) is 0 Å². The summed E-state index contributed by atoms with van der Waals surface area (Å²) in [4.78, 5) is 22.7. The average Bonchev–Trinajstić information content (AvgIpc) is 2.47. The number of piperidine rings is 1. The molecule has 5 heteroatoms. The number of carbonyl (C=O) groups excluding carboxylic acids is 1. The molecule has 21 heavy (non-hydrogen) atoms. The molecule has 2 heterocycles. The summed E-state index contributed by atoms with van der Waals surface area (Å²) in [6.07, 6.45) is 8.16. The van der Waals surface area contributed by atoms with Gasteiger partial charge in [0, 0.05) is 25.9 Å². The normalized spacial score (nSPS) is 21.3. The number of ether oxygens (including phenoxy) is 1. The van der Waals surface area contributed by atoms with Crippen LogP contribution in [0.5, 0.6) is 0 Å². The fraction of sp³-hybridized carbons (Fsp3) is 0.688. The van der Waals surface area contributed by atoms with E-state index < -0.39 is 0 Å². The topological polar surface area (TPSA) is 55.3 Å². The van der Waals surface area contributed by atoms with Gasteiger partial charge in [0.1, 0.15) is 5.69 Å². The molecule has 1 saturated heterocycles. The number of amides is 1. The lowest BCUT2D eigenvalue weighted by molar-refractivity contribution is -0.0981. The molecule has 2 aliphatic rings. The zero-order chi connectivity index (χ0) is 14.9. The van der Waals surface area contributed by atoms with E-state index in [4.69, 9.17) is 4.74 Å². The van der Waals surface area contributed by atoms with Crippen LogP contribution in [0.15, 0.2) is 12.4 Å². The summed E-state index contributed by atoms with van der Waals surface area (Å²) >= 11 is 0. The van der Waals surface area contributed by atoms with Crippen LogP contribution in [-0.4, -0.2) is 46.6 Å². The van der Waals surface area contributed by atoms with Gasteiger partial charge in [0.2, 0.25) is 0 Å². The summed E-state index contributed by atoms with van der Waals surface area (Å²) < 4.78 is 5.66. The Morgan fingerprint density at radius 3 is 2.62 bits per heavy atom. The monoisotopic (exact) mass is 289 g/mol. The van der Waals surface area contributed by atoms with Crippen LogP contribution in [0, 0.1) is 12.3 Å². The van der Waals surface area contributed by atoms with Crippen LogP contribution in [0.4, 0.5) is 0 Å². The molecule has 0 N–H and O–H groups in total. The second kappa shape index (κ2) is 5.72. The van der Waals surface area contributed by atoms with E-state index >= 15 is 0 Å². The second-order valence-corrected chi connectivity index (χ2v) is 6.32. The Hall–Kier alpha value is -1.49. The summed E-state index contributed by atoms with van der Waals surface area (Å²) in [5.74, 6) is 0.0121. The molecule has 0 atom stereocenters. The molecule has 0 radical (unpaired) electrons. The average molecular weight is 289 g/mol. The van der Waals surface area contributed by atoms with Crippen LogP contribution < -0.4 is 0 Å². The van der Waals surface area contributed by atoms with Crippen LogP contribution in [0.25, 0.3) is 0 Å². The first kappa shape index (κ1) is 14.4. The van der Waals surface area contributed by atoms with Gasteiger partial charge in [0.05, 0.1) is 18.0 Å². The summed E-state index contributed by atoms with van der Waals surface area (Å²) in [7, 11) is 0. The number of aryl methyl sites for hydroxylation is 1. The van der Waals surface area contributed by atoms with E-state index in [1.807, 2.05) is 11.8 Å². The van der Waals surface area contributed by atoms with E-state index in [0.717, 1.165) is 51.1 Å². The van der Waals surface area contributed by atoms with Crippen molar-refractivity contribution >= 4 is 5.91 Å². The molecule has 114 valence electrons. The number of rotatable bonds is 3. The zero-order valence-corrected chi connectivity index (χ0v) is 12.8. The predicted molar refractivity (Wildman–Crippen MR) is 79.0 cm³/mol. The number of likely N-dealkylation sites (tertiary alicyclic amines) is 1. The highest BCUT2D eigenvalue weighted by Gasteiger charge is 2.46. The number of carbonyl (C=O) groups is 1. The minimum atomic E-state index is 0.0121. The third-order valence-corrected chi connectivity index (χ3v) is 4.84. The number of hydrogen-bond acceptors (Lipinski definition) is 4. The molecular formula is C16H23N3O2. The number of hydrogen-bond donors (Lipinski definition) is 0. The molecule has 3 rings (SSSR count). The van der Waals surface area contributed by atoms with E-state index in [9.17, 15) is 4.79 Å². The van der Waals surface area contributed by atoms with Gasteiger partial charge in [0.15, 0.2) is 0 Å². The molecule has 1 aromatic rings. The smallest absolute Gasteiger partial charge is 0.274 e. The van der Waals surface area contributed by atoms with E-state index in [-0.39, 0.29) is 5.91 Å². The minimum Gasteiger partial charge on any atom is -0.378 e. The van der Waals surface area contributed by atoms with E-state index in [1.54, 1.807) is 12.4 Å². The van der Waals surface area contributed by atoms with Gasteiger partial charge in [-0.25, -0.2) is 4.98 Å². The molecule has 1 spiro atoms. The van der Waals surface area contributed by atoms with Gasteiger partial charge in [-0.15, -0.1) is 0 Å². The fourth-order valence-corrected chi connectivity index (χ4v) is 3.52. The van der Waals surface area contributed by atoms with Crippen molar-refractivity contribution in [2.75, 3.05) is 19.7 Å². The SMILES string of the molecule is CCOC1CC2(CCN(C(=O)c3cnc(C)cn3)CC2)C1. The van der Waals surface area contributed by atoms with Crippen molar-refractivity contribution in [1.82, 2.24) is 14.9 Å². The van der Waals surface area contributed by atoms with Crippen LogP contribution in [0.1, 0.15) is 48.8 Å². The summed E-state index contributed by atoms with van der Waals surface area (Å²) in [6.45, 7) is 6.38. The number of nitrogens with zero attached hydrogens (tertiary/aromatic N) is 3. The van der Waals surface area contributed by atoms with Gasteiger partial charge in [-0.05, 0) is 44.9 Å². The Labute approximate surface area is 125 Å². The van der Waals surface area contributed by atoms with Crippen molar-refractivity contribution in [3.8, 4) is 0 Å². The fourth-order valence-electron chi connectivity index (χ4n) is 3.52. The lowest BCUT2D eigenvalue weighted by atomic mass is 9.61. The van der Waals surface area contributed by atoms with Crippen LogP contribution >= 0.6 is 0 Å². The molecule has 5 nitrogen and oxygen atoms in total. The Kier molecular flexibility index (Phi) is 3.93. The molecule has 1 aromatic heterocycles. The first-order valence-corrected chi connectivity index (χ1v) is 7.81. The van der Waals surface area contributed by atoms with Gasteiger partial charge >= 0.3 is 0 Å². The lowest BCUT2D eigenvalue weighted by Gasteiger charge is -2.51. The third-order valence-electron chi connectivity index (χ3n) is 4.84. The van der Waals surface area contributed by atoms with E-state index in [2.05, 4.69) is 16.9 Å². The summed E-state index contributed by atoms with van der Waals surface area (Å²) in [6, 6.07) is 0. The van der Waals surface area contributed by atoms with Crippen molar-refractivity contribution in [3.63, 3.8) is 0 Å². The largest absolute Gasteiger partial charge is 0.378 e. The standard InChI is InChI=1S/C16H23N3O2/c1-3-21-13-8-16(9-13)4-6-19(7-5-16)15(20)14-11-17-12(2)10-18-14/h10-11,13H,3-9H2,1-2H3. The first-order chi connectivity index (χ1) is 10.1. The van der Waals surface area contributed by atoms with Crippen molar-refractivity contribution in [3.05, 3.63) is 23.8 Å². The van der Waals surface area contributed by atoms with E-state index in [0.29, 0.717) is 17.2 Å². The molecule has 0 aromatic carbocycles. The second-order valence-electron chi connectivity index (χ2n) is 6.32. The van der Waals surface area contributed by atoms with Crippen molar-refractivity contribution in [2.45, 2.75) is 45.6 Å². The van der Waals surface area contributed by atoms with E-state index in [1.165, 1.54) is 0 Å². The summed E-state index contributed by atoms with van der Waals surface area (Å²) in [5, 5.41) is 0. The Bertz CT molecular complexity index is 499. The maximum absolute atomic E-state index is 12.4. The number of aromatic nitrogens is 2.